The van der Waals surface area contributed by atoms with Crippen LogP contribution in [0.3, 0.4) is 0 Å². The summed E-state index contributed by atoms with van der Waals surface area (Å²) in [5.41, 5.74) is 0.558. The quantitative estimate of drug-likeness (QED) is 0.413. The zero-order chi connectivity index (χ0) is 27.0. The first-order valence-electron chi connectivity index (χ1n) is 11.4. The monoisotopic (exact) mass is 569 g/mol. The molecule has 198 valence electrons. The first-order valence-corrected chi connectivity index (χ1v) is 15.2. The molecule has 1 saturated carbocycles. The average Bonchev–Trinajstić information content (AvgIpc) is 3.37. The van der Waals surface area contributed by atoms with Gasteiger partial charge in [-0.05, 0) is 74.4 Å². The second-order valence-electron chi connectivity index (χ2n) is 8.94. The molecule has 0 bridgehead atoms. The van der Waals surface area contributed by atoms with E-state index in [1.54, 1.807) is 19.1 Å². The predicted octanol–water partition coefficient (Wildman–Crippen LogP) is 4.71. The normalized spacial score (nSPS) is 20.5. The molecule has 4 rings (SSSR count). The van der Waals surface area contributed by atoms with Gasteiger partial charge in [-0.1, -0.05) is 17.7 Å². The molecule has 0 saturated heterocycles. The van der Waals surface area contributed by atoms with E-state index in [-0.39, 0.29) is 45.9 Å². The highest BCUT2D eigenvalue weighted by molar-refractivity contribution is 7.92. The summed E-state index contributed by atoms with van der Waals surface area (Å²) >= 11 is 0.923. The molecule has 1 aliphatic carbocycles. The third kappa shape index (κ3) is 5.07. The second-order valence-corrected chi connectivity index (χ2v) is 13.8. The van der Waals surface area contributed by atoms with Crippen molar-refractivity contribution in [2.75, 3.05) is 7.11 Å². The van der Waals surface area contributed by atoms with Crippen LogP contribution in [0.25, 0.3) is 0 Å². The fraction of sp³-hybridized carbons (Fsp3) is 0.320. The molecule has 3 aromatic rings. The Balaban J connectivity index is 1.68. The van der Waals surface area contributed by atoms with E-state index in [0.717, 1.165) is 42.2 Å². The van der Waals surface area contributed by atoms with E-state index in [9.17, 15) is 26.0 Å². The zero-order valence-electron chi connectivity index (χ0n) is 20.0. The van der Waals surface area contributed by atoms with Crippen molar-refractivity contribution >= 4 is 37.2 Å². The number of thiophene rings is 1. The molecule has 12 heteroatoms. The number of ether oxygens (including phenoxy) is 1. The van der Waals surface area contributed by atoms with Gasteiger partial charge >= 0.3 is 5.97 Å². The highest BCUT2D eigenvalue weighted by Gasteiger charge is 2.50. The van der Waals surface area contributed by atoms with Crippen LogP contribution in [0.1, 0.15) is 46.5 Å². The Morgan fingerprint density at radius 3 is 2.30 bits per heavy atom. The smallest absolute Gasteiger partial charge is 0.349 e. The predicted molar refractivity (Wildman–Crippen MR) is 135 cm³/mol. The van der Waals surface area contributed by atoms with Crippen molar-refractivity contribution in [1.82, 2.24) is 4.72 Å². The Hall–Kier alpha value is -2.67. The molecule has 0 atom stereocenters. The number of hydrogen-bond donors (Lipinski definition) is 1. The number of halogens is 2. The Morgan fingerprint density at radius 1 is 1.03 bits per heavy atom. The number of hydrogen-bond acceptors (Lipinski definition) is 7. The molecule has 0 amide bonds. The Morgan fingerprint density at radius 2 is 1.68 bits per heavy atom. The summed E-state index contributed by atoms with van der Waals surface area (Å²) < 4.78 is 88.6. The van der Waals surface area contributed by atoms with Gasteiger partial charge in [-0.25, -0.2) is 35.1 Å². The lowest BCUT2D eigenvalue weighted by Crippen LogP contribution is -2.46. The summed E-state index contributed by atoms with van der Waals surface area (Å²) in [7, 11) is -7.20. The van der Waals surface area contributed by atoms with Crippen molar-refractivity contribution in [3.8, 4) is 0 Å². The van der Waals surface area contributed by atoms with Crippen LogP contribution in [-0.4, -0.2) is 36.0 Å². The number of methoxy groups -OCH3 is 1. The van der Waals surface area contributed by atoms with Crippen LogP contribution in [0, 0.1) is 18.6 Å². The number of nitrogens with one attached hydrogen (secondary N) is 1. The first-order chi connectivity index (χ1) is 17.4. The Bertz CT molecular complexity index is 1520. The number of carbonyl (C=O) groups is 1. The molecule has 0 spiro atoms. The zero-order valence-corrected chi connectivity index (χ0v) is 22.5. The van der Waals surface area contributed by atoms with Crippen LogP contribution in [0.2, 0.25) is 0 Å². The molecule has 1 aliphatic rings. The van der Waals surface area contributed by atoms with E-state index in [4.69, 9.17) is 0 Å². The van der Waals surface area contributed by atoms with E-state index in [1.165, 1.54) is 23.6 Å². The van der Waals surface area contributed by atoms with Crippen molar-refractivity contribution < 1.29 is 35.1 Å². The molecule has 0 unspecified atom stereocenters. The Kier molecular flexibility index (Phi) is 7.57. The number of rotatable bonds is 7. The third-order valence-corrected chi connectivity index (χ3v) is 11.8. The largest absolute Gasteiger partial charge is 0.465 e. The van der Waals surface area contributed by atoms with Gasteiger partial charge in [0.25, 0.3) is 0 Å². The van der Waals surface area contributed by atoms with E-state index >= 15 is 4.39 Å². The van der Waals surface area contributed by atoms with E-state index < -0.39 is 48.3 Å². The Labute approximate surface area is 218 Å². The van der Waals surface area contributed by atoms with E-state index in [0.29, 0.717) is 0 Å². The molecule has 0 aliphatic heterocycles. The molecule has 1 N–H and O–H groups in total. The van der Waals surface area contributed by atoms with Crippen molar-refractivity contribution in [2.24, 2.45) is 0 Å². The number of sulfone groups is 1. The minimum absolute atomic E-state index is 0.0261. The molecule has 0 radical (unpaired) electrons. The summed E-state index contributed by atoms with van der Waals surface area (Å²) in [6.45, 7) is 1.80. The van der Waals surface area contributed by atoms with Crippen molar-refractivity contribution in [3.63, 3.8) is 0 Å². The first kappa shape index (κ1) is 27.4. The molecular formula is C25H25F2NO6S3. The van der Waals surface area contributed by atoms with Crippen LogP contribution in [0.5, 0.6) is 0 Å². The molecular weight excluding hydrogens is 544 g/mol. The molecule has 1 fully saturated rings. The summed E-state index contributed by atoms with van der Waals surface area (Å²) in [4.78, 5) is 11.6. The lowest BCUT2D eigenvalue weighted by atomic mass is 9.80. The standard InChI is InChI=1S/C25H25F2NO6S3/c1-16-3-6-19(7-4-16)36(30,31)25(20-15-17(26)5-8-21(20)27)12-9-18(10-13-25)28-37(32,33)22-11-14-35-23(22)24(29)34-2/h3-8,11,14-15,18,28H,9-10,12-13H2,1-2H3. The van der Waals surface area contributed by atoms with Crippen molar-refractivity contribution in [1.29, 1.82) is 0 Å². The van der Waals surface area contributed by atoms with Gasteiger partial charge in [-0.3, -0.25) is 0 Å². The van der Waals surface area contributed by atoms with Crippen LogP contribution < -0.4 is 4.72 Å². The lowest BCUT2D eigenvalue weighted by molar-refractivity contribution is 0.0602. The topological polar surface area (TPSA) is 107 Å². The highest BCUT2D eigenvalue weighted by Crippen LogP contribution is 2.48. The minimum atomic E-state index is -4.21. The summed E-state index contributed by atoms with van der Waals surface area (Å²) in [6.07, 6.45) is -0.218. The fourth-order valence-electron chi connectivity index (χ4n) is 4.71. The summed E-state index contributed by atoms with van der Waals surface area (Å²) in [5.74, 6) is -2.41. The maximum atomic E-state index is 15.0. The number of sulfonamides is 1. The van der Waals surface area contributed by atoms with Crippen molar-refractivity contribution in [3.05, 3.63) is 81.5 Å². The van der Waals surface area contributed by atoms with Crippen molar-refractivity contribution in [2.45, 2.75) is 53.2 Å². The summed E-state index contributed by atoms with van der Waals surface area (Å²) in [6, 6.07) is 9.45. The molecule has 2 aromatic carbocycles. The van der Waals surface area contributed by atoms with Gasteiger partial charge in [0.15, 0.2) is 9.84 Å². The van der Waals surface area contributed by atoms with Crippen LogP contribution in [0.4, 0.5) is 8.78 Å². The SMILES string of the molecule is COC(=O)c1sccc1S(=O)(=O)NC1CCC(c2cc(F)ccc2F)(S(=O)(=O)c2ccc(C)cc2)CC1. The van der Waals surface area contributed by atoms with Gasteiger partial charge in [0, 0.05) is 11.6 Å². The van der Waals surface area contributed by atoms with Gasteiger partial charge in [0.2, 0.25) is 10.0 Å². The third-order valence-electron chi connectivity index (χ3n) is 6.67. The van der Waals surface area contributed by atoms with Gasteiger partial charge in [-0.2, -0.15) is 0 Å². The molecule has 37 heavy (non-hydrogen) atoms. The van der Waals surface area contributed by atoms with E-state index in [1.807, 2.05) is 0 Å². The maximum absolute atomic E-state index is 15.0. The highest BCUT2D eigenvalue weighted by atomic mass is 32.2. The number of carbonyl (C=O) groups excluding carboxylic acids is 1. The number of aryl methyl sites for hydroxylation is 1. The van der Waals surface area contributed by atoms with Crippen LogP contribution in [0.15, 0.2) is 63.7 Å². The van der Waals surface area contributed by atoms with Crippen LogP contribution in [-0.2, 0) is 29.3 Å². The molecule has 1 aromatic heterocycles. The number of esters is 1. The second kappa shape index (κ2) is 10.2. The van der Waals surface area contributed by atoms with Gasteiger partial charge in [-0.15, -0.1) is 11.3 Å². The lowest BCUT2D eigenvalue weighted by Gasteiger charge is -2.40. The fourth-order valence-corrected chi connectivity index (χ4v) is 9.51. The minimum Gasteiger partial charge on any atom is -0.465 e. The summed E-state index contributed by atoms with van der Waals surface area (Å²) in [5, 5.41) is 1.45. The van der Waals surface area contributed by atoms with Gasteiger partial charge in [0.1, 0.15) is 26.2 Å². The van der Waals surface area contributed by atoms with Gasteiger partial charge in [0.05, 0.1) is 12.0 Å². The maximum Gasteiger partial charge on any atom is 0.349 e. The van der Waals surface area contributed by atoms with E-state index in [2.05, 4.69) is 9.46 Å². The average molecular weight is 570 g/mol. The molecule has 7 nitrogen and oxygen atoms in total. The number of benzene rings is 2. The molecule has 1 heterocycles. The van der Waals surface area contributed by atoms with Crippen LogP contribution >= 0.6 is 11.3 Å². The van der Waals surface area contributed by atoms with Gasteiger partial charge < -0.3 is 4.74 Å².